The number of hydrogen-bond donors (Lipinski definition) is 2. The third-order valence-electron chi connectivity index (χ3n) is 2.06. The Bertz CT molecular complexity index is 207. The van der Waals surface area contributed by atoms with Gasteiger partial charge in [-0.25, -0.2) is 0 Å². The molecule has 5 nitrogen and oxygen atoms in total. The molecule has 0 bridgehead atoms. The van der Waals surface area contributed by atoms with E-state index >= 15 is 0 Å². The summed E-state index contributed by atoms with van der Waals surface area (Å²) >= 11 is 0. The maximum absolute atomic E-state index is 11.1. The van der Waals surface area contributed by atoms with Crippen molar-refractivity contribution < 1.29 is 14.3 Å². The van der Waals surface area contributed by atoms with Crippen molar-refractivity contribution in [1.29, 1.82) is 0 Å². The van der Waals surface area contributed by atoms with Crippen molar-refractivity contribution in [2.45, 2.75) is 39.0 Å². The summed E-state index contributed by atoms with van der Waals surface area (Å²) in [4.78, 5) is 21.5. The number of nitrogens with two attached hydrogens (primary N) is 1. The van der Waals surface area contributed by atoms with Crippen LogP contribution < -0.4 is 11.1 Å². The number of unbranched alkanes of at least 4 members (excludes halogenated alkanes) is 2. The molecule has 1 amide bonds. The second-order valence-electron chi connectivity index (χ2n) is 3.67. The van der Waals surface area contributed by atoms with Gasteiger partial charge in [0.05, 0.1) is 13.2 Å². The fourth-order valence-electron chi connectivity index (χ4n) is 1.12. The smallest absolute Gasteiger partial charge is 0.319 e. The van der Waals surface area contributed by atoms with Gasteiger partial charge in [-0.3, -0.25) is 9.59 Å². The molecule has 0 spiro atoms. The van der Waals surface area contributed by atoms with E-state index in [0.29, 0.717) is 19.6 Å². The van der Waals surface area contributed by atoms with Crippen molar-refractivity contribution in [3.05, 3.63) is 0 Å². The van der Waals surface area contributed by atoms with Crippen LogP contribution in [-0.4, -0.2) is 31.6 Å². The fourth-order valence-corrected chi connectivity index (χ4v) is 1.12. The number of amides is 1. The average Bonchev–Trinajstić information content (AvgIpc) is 2.23. The van der Waals surface area contributed by atoms with Crippen molar-refractivity contribution in [2.75, 3.05) is 19.7 Å². The van der Waals surface area contributed by atoms with Crippen LogP contribution in [0.2, 0.25) is 0 Å². The Hall–Kier alpha value is -1.10. The molecule has 94 valence electrons. The molecule has 0 aliphatic carbocycles. The molecule has 0 aromatic heterocycles. The summed E-state index contributed by atoms with van der Waals surface area (Å²) in [6, 6.07) is 0. The van der Waals surface area contributed by atoms with E-state index in [1.54, 1.807) is 0 Å². The van der Waals surface area contributed by atoms with Gasteiger partial charge in [-0.2, -0.15) is 0 Å². The van der Waals surface area contributed by atoms with Gasteiger partial charge in [0.25, 0.3) is 0 Å². The van der Waals surface area contributed by atoms with Gasteiger partial charge in [-0.05, 0) is 25.8 Å². The lowest BCUT2D eigenvalue weighted by molar-refractivity contribution is -0.142. The molecular weight excluding hydrogens is 208 g/mol. The lowest BCUT2D eigenvalue weighted by Gasteiger charge is -2.05. The molecule has 0 aromatic rings. The number of primary amides is 1. The molecule has 5 heteroatoms. The number of ether oxygens (including phenoxy) is 1. The van der Waals surface area contributed by atoms with Crippen LogP contribution in [0.4, 0.5) is 0 Å². The second kappa shape index (κ2) is 10.4. The molecule has 0 fully saturated rings. The van der Waals surface area contributed by atoms with Crippen molar-refractivity contribution >= 4 is 11.9 Å². The van der Waals surface area contributed by atoms with Crippen LogP contribution in [0.5, 0.6) is 0 Å². The van der Waals surface area contributed by atoms with Crippen LogP contribution in [0.15, 0.2) is 0 Å². The monoisotopic (exact) mass is 230 g/mol. The van der Waals surface area contributed by atoms with Crippen LogP contribution >= 0.6 is 0 Å². The van der Waals surface area contributed by atoms with E-state index in [1.165, 1.54) is 0 Å². The van der Waals surface area contributed by atoms with Crippen LogP contribution in [0, 0.1) is 0 Å². The Kier molecular flexibility index (Phi) is 9.70. The zero-order chi connectivity index (χ0) is 12.2. The van der Waals surface area contributed by atoms with E-state index in [1.807, 2.05) is 6.92 Å². The summed E-state index contributed by atoms with van der Waals surface area (Å²) in [7, 11) is 0. The first-order valence-corrected chi connectivity index (χ1v) is 5.81. The van der Waals surface area contributed by atoms with Gasteiger partial charge in [0.2, 0.25) is 5.91 Å². The minimum Gasteiger partial charge on any atom is -0.465 e. The van der Waals surface area contributed by atoms with Crippen molar-refractivity contribution in [3.63, 3.8) is 0 Å². The molecule has 0 heterocycles. The molecule has 0 saturated heterocycles. The summed E-state index contributed by atoms with van der Waals surface area (Å²) in [6.45, 7) is 3.49. The Morgan fingerprint density at radius 1 is 1.25 bits per heavy atom. The van der Waals surface area contributed by atoms with Crippen LogP contribution in [0.1, 0.15) is 39.0 Å². The van der Waals surface area contributed by atoms with Gasteiger partial charge >= 0.3 is 5.97 Å². The normalized spacial score (nSPS) is 10.1. The first-order valence-electron chi connectivity index (χ1n) is 5.81. The lowest BCUT2D eigenvalue weighted by Crippen LogP contribution is -2.26. The van der Waals surface area contributed by atoms with E-state index in [0.717, 1.165) is 25.7 Å². The van der Waals surface area contributed by atoms with E-state index in [9.17, 15) is 9.59 Å². The maximum Gasteiger partial charge on any atom is 0.319 e. The Morgan fingerprint density at radius 3 is 2.62 bits per heavy atom. The Balaban J connectivity index is 3.18. The SMILES string of the molecule is CCCCOC(=O)CNCCCCC(N)=O. The van der Waals surface area contributed by atoms with Crippen LogP contribution in [0.3, 0.4) is 0 Å². The standard InChI is InChI=1S/C11H22N2O3/c1-2-3-8-16-11(15)9-13-7-5-4-6-10(12)14/h13H,2-9H2,1H3,(H2,12,14). The van der Waals surface area contributed by atoms with Crippen molar-refractivity contribution in [3.8, 4) is 0 Å². The highest BCUT2D eigenvalue weighted by atomic mass is 16.5. The van der Waals surface area contributed by atoms with Crippen LogP contribution in [0.25, 0.3) is 0 Å². The quantitative estimate of drug-likeness (QED) is 0.425. The molecule has 3 N–H and O–H groups in total. The predicted molar refractivity (Wildman–Crippen MR) is 61.8 cm³/mol. The van der Waals surface area contributed by atoms with Crippen molar-refractivity contribution in [1.82, 2.24) is 5.32 Å². The molecule has 0 atom stereocenters. The summed E-state index contributed by atoms with van der Waals surface area (Å²) in [5, 5.41) is 2.96. The predicted octanol–water partition coefficient (Wildman–Crippen LogP) is 0.575. The van der Waals surface area contributed by atoms with Gasteiger partial charge in [-0.15, -0.1) is 0 Å². The van der Waals surface area contributed by atoms with E-state index < -0.39 is 0 Å². The molecule has 0 aliphatic rings. The molecule has 0 saturated carbocycles. The van der Waals surface area contributed by atoms with Crippen LogP contribution in [-0.2, 0) is 14.3 Å². The maximum atomic E-state index is 11.1. The number of hydrogen-bond acceptors (Lipinski definition) is 4. The number of nitrogens with one attached hydrogen (secondary N) is 1. The average molecular weight is 230 g/mol. The van der Waals surface area contributed by atoms with Gasteiger partial charge in [0, 0.05) is 6.42 Å². The highest BCUT2D eigenvalue weighted by Crippen LogP contribution is 1.92. The topological polar surface area (TPSA) is 81.4 Å². The lowest BCUT2D eigenvalue weighted by atomic mass is 10.2. The molecular formula is C11H22N2O3. The number of esters is 1. The van der Waals surface area contributed by atoms with Crippen molar-refractivity contribution in [2.24, 2.45) is 5.73 Å². The molecule has 0 aliphatic heterocycles. The number of carbonyl (C=O) groups excluding carboxylic acids is 2. The minimum absolute atomic E-state index is 0.219. The van der Waals surface area contributed by atoms with Gasteiger partial charge in [0.15, 0.2) is 0 Å². The summed E-state index contributed by atoms with van der Waals surface area (Å²) < 4.78 is 4.95. The summed E-state index contributed by atoms with van der Waals surface area (Å²) in [5.74, 6) is -0.498. The molecule has 16 heavy (non-hydrogen) atoms. The summed E-state index contributed by atoms with van der Waals surface area (Å²) in [5.41, 5.74) is 4.99. The molecule has 0 unspecified atom stereocenters. The Labute approximate surface area is 96.7 Å². The van der Waals surface area contributed by atoms with E-state index in [2.05, 4.69) is 5.32 Å². The largest absolute Gasteiger partial charge is 0.465 e. The highest BCUT2D eigenvalue weighted by molar-refractivity contribution is 5.73. The van der Waals surface area contributed by atoms with Gasteiger partial charge < -0.3 is 15.8 Å². The first-order chi connectivity index (χ1) is 7.66. The highest BCUT2D eigenvalue weighted by Gasteiger charge is 2.01. The first kappa shape index (κ1) is 14.9. The number of rotatable bonds is 10. The Morgan fingerprint density at radius 2 is 2.00 bits per heavy atom. The molecule has 0 radical (unpaired) electrons. The van der Waals surface area contributed by atoms with Gasteiger partial charge in [-0.1, -0.05) is 13.3 Å². The van der Waals surface area contributed by atoms with E-state index in [-0.39, 0.29) is 18.4 Å². The molecule has 0 aromatic carbocycles. The third kappa shape index (κ3) is 11.0. The number of carbonyl (C=O) groups is 2. The second-order valence-corrected chi connectivity index (χ2v) is 3.67. The zero-order valence-electron chi connectivity index (χ0n) is 9.96. The van der Waals surface area contributed by atoms with E-state index in [4.69, 9.17) is 10.5 Å². The fraction of sp³-hybridized carbons (Fsp3) is 0.818. The zero-order valence-corrected chi connectivity index (χ0v) is 9.96. The third-order valence-corrected chi connectivity index (χ3v) is 2.06. The minimum atomic E-state index is -0.279. The summed E-state index contributed by atoms with van der Waals surface area (Å²) in [6.07, 6.45) is 3.93. The van der Waals surface area contributed by atoms with Gasteiger partial charge in [0.1, 0.15) is 0 Å². The molecule has 0 rings (SSSR count).